The molecule has 0 unspecified atom stereocenters. The molecule has 1 N–H and O–H groups in total. The molecule has 0 fully saturated rings. The number of hydrogen-bond acceptors (Lipinski definition) is 3. The number of hydrogen-bond donors (Lipinski definition) is 1. The predicted molar refractivity (Wildman–Crippen MR) is 75.4 cm³/mol. The van der Waals surface area contributed by atoms with E-state index in [9.17, 15) is 9.18 Å². The molecule has 0 bridgehead atoms. The number of fused-ring (bicyclic) bond motifs is 1. The van der Waals surface area contributed by atoms with Crippen LogP contribution in [0.25, 0.3) is 0 Å². The summed E-state index contributed by atoms with van der Waals surface area (Å²) in [5.41, 5.74) is 2.00. The zero-order chi connectivity index (χ0) is 13.9. The first kappa shape index (κ1) is 12.6. The molecule has 3 rings (SSSR count). The van der Waals surface area contributed by atoms with Crippen molar-refractivity contribution in [1.82, 2.24) is 4.98 Å². The number of para-hydroxylation sites is 2. The van der Waals surface area contributed by atoms with Crippen LogP contribution in [-0.2, 0) is 0 Å². The molecule has 4 nitrogen and oxygen atoms in total. The van der Waals surface area contributed by atoms with E-state index in [1.54, 1.807) is 4.90 Å². The van der Waals surface area contributed by atoms with Crippen molar-refractivity contribution in [3.63, 3.8) is 0 Å². The Morgan fingerprint density at radius 3 is 3.00 bits per heavy atom. The first-order valence-electron chi connectivity index (χ1n) is 6.51. The predicted octanol–water partition coefficient (Wildman–Crippen LogP) is 2.68. The molecule has 20 heavy (non-hydrogen) atoms. The number of nitrogens with zero attached hydrogens (tertiary/aromatic N) is 2. The van der Waals surface area contributed by atoms with E-state index < -0.39 is 5.82 Å². The summed E-state index contributed by atoms with van der Waals surface area (Å²) in [4.78, 5) is 18.0. The maximum absolute atomic E-state index is 13.2. The Morgan fingerprint density at radius 2 is 2.15 bits per heavy atom. The molecule has 102 valence electrons. The number of benzene rings is 1. The SMILES string of the molecule is O=C(c1cncc(F)c1)N1CCCNc2ccccc21. The van der Waals surface area contributed by atoms with Gasteiger partial charge in [-0.1, -0.05) is 12.1 Å². The van der Waals surface area contributed by atoms with E-state index in [-0.39, 0.29) is 11.5 Å². The van der Waals surface area contributed by atoms with Gasteiger partial charge < -0.3 is 10.2 Å². The zero-order valence-corrected chi connectivity index (χ0v) is 10.8. The van der Waals surface area contributed by atoms with Gasteiger partial charge in [0.2, 0.25) is 0 Å². The summed E-state index contributed by atoms with van der Waals surface area (Å²) >= 11 is 0. The summed E-state index contributed by atoms with van der Waals surface area (Å²) < 4.78 is 13.2. The fraction of sp³-hybridized carbons (Fsp3) is 0.200. The number of nitrogens with one attached hydrogen (secondary N) is 1. The Kier molecular flexibility index (Phi) is 3.33. The van der Waals surface area contributed by atoms with Gasteiger partial charge in [-0.05, 0) is 24.6 Å². The monoisotopic (exact) mass is 271 g/mol. The van der Waals surface area contributed by atoms with Crippen LogP contribution in [0.15, 0.2) is 42.7 Å². The van der Waals surface area contributed by atoms with Gasteiger partial charge in [0, 0.05) is 19.3 Å². The highest BCUT2D eigenvalue weighted by Gasteiger charge is 2.22. The molecule has 1 aliphatic rings. The molecule has 2 aromatic rings. The highest BCUT2D eigenvalue weighted by atomic mass is 19.1. The molecular formula is C15H14FN3O. The maximum Gasteiger partial charge on any atom is 0.260 e. The van der Waals surface area contributed by atoms with E-state index in [1.165, 1.54) is 12.3 Å². The number of pyridine rings is 1. The third-order valence-corrected chi connectivity index (χ3v) is 3.27. The van der Waals surface area contributed by atoms with Gasteiger partial charge in [0.25, 0.3) is 5.91 Å². The van der Waals surface area contributed by atoms with E-state index >= 15 is 0 Å². The number of anilines is 2. The van der Waals surface area contributed by atoms with E-state index in [4.69, 9.17) is 0 Å². The van der Waals surface area contributed by atoms with Crippen LogP contribution in [0.5, 0.6) is 0 Å². The summed E-state index contributed by atoms with van der Waals surface area (Å²) in [5, 5.41) is 3.29. The van der Waals surface area contributed by atoms with Crippen LogP contribution < -0.4 is 10.2 Å². The Bertz CT molecular complexity index is 645. The highest BCUT2D eigenvalue weighted by Crippen LogP contribution is 2.29. The van der Waals surface area contributed by atoms with Gasteiger partial charge in [0.15, 0.2) is 0 Å². The lowest BCUT2D eigenvalue weighted by Gasteiger charge is -2.22. The van der Waals surface area contributed by atoms with Crippen LogP contribution in [0, 0.1) is 5.82 Å². The van der Waals surface area contributed by atoms with Gasteiger partial charge >= 0.3 is 0 Å². The van der Waals surface area contributed by atoms with Crippen LogP contribution in [-0.4, -0.2) is 24.0 Å². The lowest BCUT2D eigenvalue weighted by atomic mass is 10.2. The van der Waals surface area contributed by atoms with Crippen molar-refractivity contribution in [2.75, 3.05) is 23.3 Å². The van der Waals surface area contributed by atoms with Gasteiger partial charge in [0.05, 0.1) is 23.1 Å². The lowest BCUT2D eigenvalue weighted by Crippen LogP contribution is -2.31. The minimum absolute atomic E-state index is 0.229. The minimum Gasteiger partial charge on any atom is -0.383 e. The van der Waals surface area contributed by atoms with Gasteiger partial charge in [0.1, 0.15) is 5.82 Å². The fourth-order valence-corrected chi connectivity index (χ4v) is 2.33. The summed E-state index contributed by atoms with van der Waals surface area (Å²) in [6.45, 7) is 1.40. The van der Waals surface area contributed by atoms with Gasteiger partial charge in [-0.2, -0.15) is 0 Å². The van der Waals surface area contributed by atoms with E-state index in [1.807, 2.05) is 24.3 Å². The summed E-state index contributed by atoms with van der Waals surface area (Å²) in [5.74, 6) is -0.731. The highest BCUT2D eigenvalue weighted by molar-refractivity contribution is 6.07. The summed E-state index contributed by atoms with van der Waals surface area (Å²) in [6, 6.07) is 8.85. The van der Waals surface area contributed by atoms with Gasteiger partial charge in [-0.25, -0.2) is 4.39 Å². The standard InChI is InChI=1S/C15H14FN3O/c16-12-8-11(9-17-10-12)15(20)19-7-3-6-18-13-4-1-2-5-14(13)19/h1-2,4-5,8-10,18H,3,6-7H2. The molecule has 1 aliphatic heterocycles. The number of halogens is 1. The van der Waals surface area contributed by atoms with Crippen molar-refractivity contribution in [3.05, 3.63) is 54.1 Å². The second kappa shape index (κ2) is 5.28. The second-order valence-electron chi connectivity index (χ2n) is 4.65. The Morgan fingerprint density at radius 1 is 1.30 bits per heavy atom. The largest absolute Gasteiger partial charge is 0.383 e. The van der Waals surface area contributed by atoms with Crippen LogP contribution >= 0.6 is 0 Å². The molecule has 0 saturated carbocycles. The number of rotatable bonds is 1. The average molecular weight is 271 g/mol. The first-order valence-corrected chi connectivity index (χ1v) is 6.51. The van der Waals surface area contributed by atoms with Crippen molar-refractivity contribution < 1.29 is 9.18 Å². The van der Waals surface area contributed by atoms with Crippen LogP contribution in [0.4, 0.5) is 15.8 Å². The summed E-state index contributed by atoms with van der Waals surface area (Å²) in [6.07, 6.45) is 3.32. The fourth-order valence-electron chi connectivity index (χ4n) is 2.33. The van der Waals surface area contributed by atoms with E-state index in [2.05, 4.69) is 10.3 Å². The van der Waals surface area contributed by atoms with Crippen molar-refractivity contribution >= 4 is 17.3 Å². The van der Waals surface area contributed by atoms with Crippen molar-refractivity contribution in [3.8, 4) is 0 Å². The smallest absolute Gasteiger partial charge is 0.260 e. The number of aromatic nitrogens is 1. The summed E-state index contributed by atoms with van der Waals surface area (Å²) in [7, 11) is 0. The Hall–Kier alpha value is -2.43. The molecule has 0 radical (unpaired) electrons. The lowest BCUT2D eigenvalue weighted by molar-refractivity contribution is 0.0986. The molecule has 1 aromatic heterocycles. The number of amides is 1. The van der Waals surface area contributed by atoms with Crippen LogP contribution in [0.1, 0.15) is 16.8 Å². The molecule has 0 spiro atoms. The van der Waals surface area contributed by atoms with Gasteiger partial charge in [-0.3, -0.25) is 9.78 Å². The normalized spacial score (nSPS) is 14.2. The molecule has 0 atom stereocenters. The second-order valence-corrected chi connectivity index (χ2v) is 4.65. The van der Waals surface area contributed by atoms with Crippen molar-refractivity contribution in [2.45, 2.75) is 6.42 Å². The molecule has 1 amide bonds. The van der Waals surface area contributed by atoms with Crippen LogP contribution in [0.2, 0.25) is 0 Å². The first-order chi connectivity index (χ1) is 9.75. The third-order valence-electron chi connectivity index (χ3n) is 3.27. The number of carbonyl (C=O) groups is 1. The average Bonchev–Trinajstić information content (AvgIpc) is 2.69. The third kappa shape index (κ3) is 2.34. The minimum atomic E-state index is -0.503. The molecule has 0 aliphatic carbocycles. The maximum atomic E-state index is 13.2. The number of carbonyl (C=O) groups excluding carboxylic acids is 1. The molecule has 5 heteroatoms. The quantitative estimate of drug-likeness (QED) is 0.867. The van der Waals surface area contributed by atoms with E-state index in [0.29, 0.717) is 6.54 Å². The zero-order valence-electron chi connectivity index (χ0n) is 10.8. The molecule has 1 aromatic carbocycles. The Balaban J connectivity index is 1.99. The van der Waals surface area contributed by atoms with E-state index in [0.717, 1.165) is 30.5 Å². The van der Waals surface area contributed by atoms with Crippen molar-refractivity contribution in [1.29, 1.82) is 0 Å². The van der Waals surface area contributed by atoms with Crippen LogP contribution in [0.3, 0.4) is 0 Å². The molecule has 0 saturated heterocycles. The Labute approximate surface area is 116 Å². The van der Waals surface area contributed by atoms with Crippen molar-refractivity contribution in [2.24, 2.45) is 0 Å². The van der Waals surface area contributed by atoms with Gasteiger partial charge in [-0.15, -0.1) is 0 Å². The molecule has 2 heterocycles. The molecular weight excluding hydrogens is 257 g/mol. The topological polar surface area (TPSA) is 45.2 Å².